The van der Waals surface area contributed by atoms with Crippen LogP contribution >= 0.6 is 0 Å². The zero-order chi connectivity index (χ0) is 14.7. The van der Waals surface area contributed by atoms with Crippen LogP contribution in [0.4, 0.5) is 10.2 Å². The Morgan fingerprint density at radius 3 is 2.86 bits per heavy atom. The van der Waals surface area contributed by atoms with Gasteiger partial charge in [0.1, 0.15) is 24.0 Å². The first kappa shape index (κ1) is 13.9. The van der Waals surface area contributed by atoms with Crippen LogP contribution in [0.15, 0.2) is 36.5 Å². The molecule has 4 heteroatoms. The Labute approximate surface area is 124 Å². The molecule has 2 aromatic rings. The maximum Gasteiger partial charge on any atom is 0.129 e. The molecule has 3 rings (SSSR count). The van der Waals surface area contributed by atoms with Crippen LogP contribution in [-0.4, -0.2) is 11.0 Å². The number of rotatable bonds is 5. The van der Waals surface area contributed by atoms with E-state index >= 15 is 0 Å². The van der Waals surface area contributed by atoms with Gasteiger partial charge >= 0.3 is 0 Å². The second-order valence-electron chi connectivity index (χ2n) is 5.52. The third kappa shape index (κ3) is 3.51. The highest BCUT2D eigenvalue weighted by molar-refractivity contribution is 5.39. The lowest BCUT2D eigenvalue weighted by atomic mass is 9.93. The predicted octanol–water partition coefficient (Wildman–Crippen LogP) is 4.07. The molecule has 1 saturated carbocycles. The van der Waals surface area contributed by atoms with E-state index in [9.17, 15) is 4.39 Å². The van der Waals surface area contributed by atoms with E-state index in [1.807, 2.05) is 12.1 Å². The van der Waals surface area contributed by atoms with Crippen molar-refractivity contribution >= 4 is 5.82 Å². The van der Waals surface area contributed by atoms with Crippen molar-refractivity contribution in [2.24, 2.45) is 0 Å². The van der Waals surface area contributed by atoms with Crippen molar-refractivity contribution < 1.29 is 9.13 Å². The van der Waals surface area contributed by atoms with Crippen molar-refractivity contribution in [1.29, 1.82) is 0 Å². The van der Waals surface area contributed by atoms with Crippen LogP contribution in [0.3, 0.4) is 0 Å². The van der Waals surface area contributed by atoms with E-state index in [1.165, 1.54) is 25.3 Å². The SMILES string of the molecule is Cc1ccc(OCc2ccnc(NC3CCC3)c2)cc1F. The second-order valence-corrected chi connectivity index (χ2v) is 5.52. The van der Waals surface area contributed by atoms with E-state index in [2.05, 4.69) is 10.3 Å². The van der Waals surface area contributed by atoms with Crippen LogP contribution in [0.5, 0.6) is 5.75 Å². The monoisotopic (exact) mass is 286 g/mol. The van der Waals surface area contributed by atoms with Crippen LogP contribution in [-0.2, 0) is 6.61 Å². The molecule has 1 aliphatic rings. The molecule has 0 amide bonds. The van der Waals surface area contributed by atoms with Crippen LogP contribution < -0.4 is 10.1 Å². The van der Waals surface area contributed by atoms with E-state index in [0.29, 0.717) is 24.0 Å². The summed E-state index contributed by atoms with van der Waals surface area (Å²) in [5.41, 5.74) is 1.64. The number of aromatic nitrogens is 1. The number of halogens is 1. The molecule has 0 spiro atoms. The lowest BCUT2D eigenvalue weighted by molar-refractivity contribution is 0.304. The average molecular weight is 286 g/mol. The van der Waals surface area contributed by atoms with Crippen molar-refractivity contribution in [3.63, 3.8) is 0 Å². The van der Waals surface area contributed by atoms with Gasteiger partial charge in [0.2, 0.25) is 0 Å². The quantitative estimate of drug-likeness (QED) is 0.899. The highest BCUT2D eigenvalue weighted by Crippen LogP contribution is 2.23. The minimum Gasteiger partial charge on any atom is -0.489 e. The molecular weight excluding hydrogens is 267 g/mol. The molecular formula is C17H19FN2O. The number of ether oxygens (including phenoxy) is 1. The third-order valence-corrected chi connectivity index (χ3v) is 3.83. The summed E-state index contributed by atoms with van der Waals surface area (Å²) in [6.45, 7) is 2.14. The maximum absolute atomic E-state index is 13.5. The highest BCUT2D eigenvalue weighted by atomic mass is 19.1. The van der Waals surface area contributed by atoms with Crippen LogP contribution in [0, 0.1) is 12.7 Å². The summed E-state index contributed by atoms with van der Waals surface area (Å²) >= 11 is 0. The largest absolute Gasteiger partial charge is 0.489 e. The fraction of sp³-hybridized carbons (Fsp3) is 0.353. The summed E-state index contributed by atoms with van der Waals surface area (Å²) in [5.74, 6) is 1.19. The molecule has 1 N–H and O–H groups in total. The topological polar surface area (TPSA) is 34.1 Å². The average Bonchev–Trinajstić information content (AvgIpc) is 2.45. The normalized spacial score (nSPS) is 14.6. The zero-order valence-corrected chi connectivity index (χ0v) is 12.1. The minimum atomic E-state index is -0.241. The van der Waals surface area contributed by atoms with Gasteiger partial charge in [-0.05, 0) is 55.5 Å². The van der Waals surface area contributed by atoms with Crippen molar-refractivity contribution in [1.82, 2.24) is 4.98 Å². The smallest absolute Gasteiger partial charge is 0.129 e. The number of hydrogen-bond acceptors (Lipinski definition) is 3. The van der Waals surface area contributed by atoms with Gasteiger partial charge in [0, 0.05) is 18.3 Å². The van der Waals surface area contributed by atoms with E-state index in [-0.39, 0.29) is 5.82 Å². The van der Waals surface area contributed by atoms with Gasteiger partial charge in [-0.25, -0.2) is 9.37 Å². The minimum absolute atomic E-state index is 0.241. The molecule has 110 valence electrons. The lowest BCUT2D eigenvalue weighted by Crippen LogP contribution is -2.27. The zero-order valence-electron chi connectivity index (χ0n) is 12.1. The number of aryl methyl sites for hydroxylation is 1. The molecule has 0 unspecified atom stereocenters. The fourth-order valence-corrected chi connectivity index (χ4v) is 2.23. The summed E-state index contributed by atoms with van der Waals surface area (Å²) in [4.78, 5) is 4.32. The van der Waals surface area contributed by atoms with Crippen LogP contribution in [0.25, 0.3) is 0 Å². The summed E-state index contributed by atoms with van der Waals surface area (Å²) < 4.78 is 19.1. The van der Waals surface area contributed by atoms with E-state index in [4.69, 9.17) is 4.74 Å². The van der Waals surface area contributed by atoms with Gasteiger partial charge < -0.3 is 10.1 Å². The fourth-order valence-electron chi connectivity index (χ4n) is 2.23. The van der Waals surface area contributed by atoms with Gasteiger partial charge in [-0.1, -0.05) is 6.07 Å². The molecule has 0 radical (unpaired) electrons. The number of nitrogens with one attached hydrogen (secondary N) is 1. The van der Waals surface area contributed by atoms with Crippen LogP contribution in [0.2, 0.25) is 0 Å². The molecule has 1 aromatic heterocycles. The highest BCUT2D eigenvalue weighted by Gasteiger charge is 2.17. The molecule has 3 nitrogen and oxygen atoms in total. The molecule has 1 heterocycles. The maximum atomic E-state index is 13.5. The molecule has 1 aliphatic carbocycles. The summed E-state index contributed by atoms with van der Waals surface area (Å²) in [7, 11) is 0. The molecule has 0 aliphatic heterocycles. The lowest BCUT2D eigenvalue weighted by Gasteiger charge is -2.27. The van der Waals surface area contributed by atoms with Crippen molar-refractivity contribution in [3.8, 4) is 5.75 Å². The number of hydrogen-bond donors (Lipinski definition) is 1. The molecule has 1 fully saturated rings. The van der Waals surface area contributed by atoms with Gasteiger partial charge in [0.15, 0.2) is 0 Å². The Bertz CT molecular complexity index is 626. The molecule has 0 bridgehead atoms. The van der Waals surface area contributed by atoms with Crippen molar-refractivity contribution in [2.75, 3.05) is 5.32 Å². The molecule has 1 aromatic carbocycles. The molecule has 0 atom stereocenters. The van der Waals surface area contributed by atoms with Crippen molar-refractivity contribution in [2.45, 2.75) is 38.8 Å². The van der Waals surface area contributed by atoms with Gasteiger partial charge in [-0.3, -0.25) is 0 Å². The van der Waals surface area contributed by atoms with Gasteiger partial charge in [-0.2, -0.15) is 0 Å². The first-order valence-corrected chi connectivity index (χ1v) is 7.31. The summed E-state index contributed by atoms with van der Waals surface area (Å²) in [5, 5.41) is 3.41. The van der Waals surface area contributed by atoms with Crippen molar-refractivity contribution in [3.05, 3.63) is 53.5 Å². The Morgan fingerprint density at radius 2 is 2.14 bits per heavy atom. The van der Waals surface area contributed by atoms with E-state index in [1.54, 1.807) is 25.3 Å². The Hall–Kier alpha value is -2.10. The summed E-state index contributed by atoms with van der Waals surface area (Å²) in [6, 6.07) is 9.39. The molecule has 0 saturated heterocycles. The van der Waals surface area contributed by atoms with Gasteiger partial charge in [0.05, 0.1) is 0 Å². The van der Waals surface area contributed by atoms with E-state index in [0.717, 1.165) is 11.4 Å². The number of benzene rings is 1. The summed E-state index contributed by atoms with van der Waals surface area (Å²) in [6.07, 6.45) is 5.49. The van der Waals surface area contributed by atoms with E-state index < -0.39 is 0 Å². The standard InChI is InChI=1S/C17H19FN2O/c1-12-5-6-15(10-16(12)18)21-11-13-7-8-19-17(9-13)20-14-3-2-4-14/h5-10,14H,2-4,11H2,1H3,(H,19,20). The Balaban J connectivity index is 1.61. The van der Waals surface area contributed by atoms with Gasteiger partial charge in [0.25, 0.3) is 0 Å². The van der Waals surface area contributed by atoms with Crippen LogP contribution in [0.1, 0.15) is 30.4 Å². The third-order valence-electron chi connectivity index (χ3n) is 3.83. The Morgan fingerprint density at radius 1 is 1.29 bits per heavy atom. The molecule has 21 heavy (non-hydrogen) atoms. The number of nitrogens with zero attached hydrogens (tertiary/aromatic N) is 1. The number of pyridine rings is 1. The predicted molar refractivity (Wildman–Crippen MR) is 81.0 cm³/mol. The number of anilines is 1. The van der Waals surface area contributed by atoms with Gasteiger partial charge in [-0.15, -0.1) is 0 Å². The first-order chi connectivity index (χ1) is 10.2. The Kier molecular flexibility index (Phi) is 4.04. The second kappa shape index (κ2) is 6.12. The first-order valence-electron chi connectivity index (χ1n) is 7.31.